The number of hydrogen-bond donors (Lipinski definition) is 2. The molecule has 1 aromatic heterocycles. The summed E-state index contributed by atoms with van der Waals surface area (Å²) in [4.78, 5) is 16.1. The van der Waals surface area contributed by atoms with Gasteiger partial charge in [-0.3, -0.25) is 9.78 Å². The van der Waals surface area contributed by atoms with Gasteiger partial charge in [-0.1, -0.05) is 12.1 Å². The predicted molar refractivity (Wildman–Crippen MR) is 72.5 cm³/mol. The molecule has 0 spiro atoms. The molecule has 0 bridgehead atoms. The lowest BCUT2D eigenvalue weighted by Crippen LogP contribution is -2.15. The maximum atomic E-state index is 12.1. The van der Waals surface area contributed by atoms with Gasteiger partial charge in [0.1, 0.15) is 0 Å². The van der Waals surface area contributed by atoms with Gasteiger partial charge in [0.25, 0.3) is 5.91 Å². The number of carbonyl (C=O) groups is 1. The summed E-state index contributed by atoms with van der Waals surface area (Å²) < 4.78 is 0. The van der Waals surface area contributed by atoms with Gasteiger partial charge in [0.05, 0.1) is 17.4 Å². The fourth-order valence-electron chi connectivity index (χ4n) is 1.66. The third-order valence-electron chi connectivity index (χ3n) is 2.86. The molecule has 0 aliphatic carbocycles. The second-order valence-electron chi connectivity index (χ2n) is 4.18. The molecule has 92 valence electrons. The average Bonchev–Trinajstić information content (AvgIpc) is 2.35. The minimum Gasteiger partial charge on any atom is -0.398 e. The van der Waals surface area contributed by atoms with E-state index in [0.29, 0.717) is 16.9 Å². The van der Waals surface area contributed by atoms with E-state index in [9.17, 15) is 4.79 Å². The quantitative estimate of drug-likeness (QED) is 0.794. The summed E-state index contributed by atoms with van der Waals surface area (Å²) in [6, 6.07) is 7.25. The number of aryl methyl sites for hydroxylation is 2. The predicted octanol–water partition coefficient (Wildman–Crippen LogP) is 2.53. The zero-order chi connectivity index (χ0) is 13.1. The van der Waals surface area contributed by atoms with Gasteiger partial charge < -0.3 is 11.1 Å². The van der Waals surface area contributed by atoms with Crippen molar-refractivity contribution in [1.29, 1.82) is 0 Å². The Morgan fingerprint density at radius 2 is 2.00 bits per heavy atom. The molecular weight excluding hydrogens is 226 g/mol. The summed E-state index contributed by atoms with van der Waals surface area (Å²) in [6.45, 7) is 3.79. The van der Waals surface area contributed by atoms with Gasteiger partial charge in [-0.2, -0.15) is 0 Å². The first-order valence-corrected chi connectivity index (χ1v) is 5.66. The Kier molecular flexibility index (Phi) is 3.28. The number of rotatable bonds is 2. The van der Waals surface area contributed by atoms with Crippen molar-refractivity contribution in [3.05, 3.63) is 53.3 Å². The minimum absolute atomic E-state index is 0.215. The van der Waals surface area contributed by atoms with E-state index in [1.807, 2.05) is 32.0 Å². The Hall–Kier alpha value is -2.36. The number of nitrogens with zero attached hydrogens (tertiary/aromatic N) is 1. The van der Waals surface area contributed by atoms with E-state index in [1.165, 1.54) is 0 Å². The fraction of sp³-hybridized carbons (Fsp3) is 0.143. The van der Waals surface area contributed by atoms with Gasteiger partial charge in [0, 0.05) is 11.9 Å². The standard InChI is InChI=1S/C14H15N3O/c1-9-6-7-16-8-12(9)17-14(18)11-5-3-4-10(2)13(11)15/h3-8H,15H2,1-2H3,(H,17,18). The van der Waals surface area contributed by atoms with E-state index in [4.69, 9.17) is 5.73 Å². The maximum absolute atomic E-state index is 12.1. The van der Waals surface area contributed by atoms with Gasteiger partial charge in [-0.25, -0.2) is 0 Å². The number of nitrogens with two attached hydrogens (primary N) is 1. The topological polar surface area (TPSA) is 68.0 Å². The minimum atomic E-state index is -0.215. The van der Waals surface area contributed by atoms with Crippen LogP contribution in [-0.2, 0) is 0 Å². The molecule has 0 aliphatic rings. The van der Waals surface area contributed by atoms with Crippen molar-refractivity contribution in [2.45, 2.75) is 13.8 Å². The Balaban J connectivity index is 2.28. The average molecular weight is 241 g/mol. The lowest BCUT2D eigenvalue weighted by atomic mass is 10.1. The van der Waals surface area contributed by atoms with Gasteiger partial charge in [0.2, 0.25) is 0 Å². The van der Waals surface area contributed by atoms with Crippen molar-refractivity contribution in [2.75, 3.05) is 11.1 Å². The summed E-state index contributed by atoms with van der Waals surface area (Å²) in [5.74, 6) is -0.215. The summed E-state index contributed by atoms with van der Waals surface area (Å²) in [5.41, 5.74) is 9.45. The summed E-state index contributed by atoms with van der Waals surface area (Å²) in [7, 11) is 0. The first-order valence-electron chi connectivity index (χ1n) is 5.66. The molecule has 0 atom stereocenters. The van der Waals surface area contributed by atoms with Gasteiger partial charge in [0.15, 0.2) is 0 Å². The lowest BCUT2D eigenvalue weighted by Gasteiger charge is -2.10. The third-order valence-corrected chi connectivity index (χ3v) is 2.86. The van der Waals surface area contributed by atoms with E-state index in [-0.39, 0.29) is 5.91 Å². The maximum Gasteiger partial charge on any atom is 0.257 e. The van der Waals surface area contributed by atoms with Crippen LogP contribution in [0.4, 0.5) is 11.4 Å². The van der Waals surface area contributed by atoms with Crippen molar-refractivity contribution in [1.82, 2.24) is 4.98 Å². The number of anilines is 2. The van der Waals surface area contributed by atoms with Gasteiger partial charge >= 0.3 is 0 Å². The van der Waals surface area contributed by atoms with E-state index in [1.54, 1.807) is 18.5 Å². The zero-order valence-corrected chi connectivity index (χ0v) is 10.4. The first-order chi connectivity index (χ1) is 8.59. The molecule has 0 saturated heterocycles. The highest BCUT2D eigenvalue weighted by molar-refractivity contribution is 6.08. The molecule has 2 rings (SSSR count). The van der Waals surface area contributed by atoms with E-state index < -0.39 is 0 Å². The number of nitrogens with one attached hydrogen (secondary N) is 1. The molecule has 1 aromatic carbocycles. The molecule has 2 aromatic rings. The van der Waals surface area contributed by atoms with Crippen LogP contribution in [0.5, 0.6) is 0 Å². The Morgan fingerprint density at radius 3 is 2.72 bits per heavy atom. The van der Waals surface area contributed by atoms with Crippen LogP contribution in [0.1, 0.15) is 21.5 Å². The number of amides is 1. The highest BCUT2D eigenvalue weighted by Gasteiger charge is 2.11. The Bertz CT molecular complexity index is 593. The fourth-order valence-corrected chi connectivity index (χ4v) is 1.66. The summed E-state index contributed by atoms with van der Waals surface area (Å²) >= 11 is 0. The van der Waals surface area contributed by atoms with Crippen LogP contribution in [0.2, 0.25) is 0 Å². The SMILES string of the molecule is Cc1ccncc1NC(=O)c1cccc(C)c1N. The number of nitrogen functional groups attached to an aromatic ring is 1. The largest absolute Gasteiger partial charge is 0.398 e. The van der Waals surface area contributed by atoms with E-state index in [2.05, 4.69) is 10.3 Å². The van der Waals surface area contributed by atoms with Crippen molar-refractivity contribution < 1.29 is 4.79 Å². The van der Waals surface area contributed by atoms with Crippen LogP contribution in [0.15, 0.2) is 36.7 Å². The molecule has 18 heavy (non-hydrogen) atoms. The van der Waals surface area contributed by atoms with Crippen LogP contribution in [0, 0.1) is 13.8 Å². The van der Waals surface area contributed by atoms with E-state index >= 15 is 0 Å². The summed E-state index contributed by atoms with van der Waals surface area (Å²) in [5, 5.41) is 2.81. The molecule has 0 radical (unpaired) electrons. The number of hydrogen-bond acceptors (Lipinski definition) is 3. The Labute approximate surface area is 106 Å². The molecule has 1 heterocycles. The highest BCUT2D eigenvalue weighted by atomic mass is 16.1. The number of para-hydroxylation sites is 1. The van der Waals surface area contributed by atoms with Gasteiger partial charge in [-0.05, 0) is 37.1 Å². The molecule has 4 heteroatoms. The number of carbonyl (C=O) groups excluding carboxylic acids is 1. The molecule has 4 nitrogen and oxygen atoms in total. The van der Waals surface area contributed by atoms with Crippen LogP contribution < -0.4 is 11.1 Å². The number of aromatic nitrogens is 1. The molecule has 0 saturated carbocycles. The molecule has 3 N–H and O–H groups in total. The van der Waals surface area contributed by atoms with E-state index in [0.717, 1.165) is 11.1 Å². The lowest BCUT2D eigenvalue weighted by molar-refractivity contribution is 0.102. The highest BCUT2D eigenvalue weighted by Crippen LogP contribution is 2.19. The van der Waals surface area contributed by atoms with Crippen LogP contribution in [-0.4, -0.2) is 10.9 Å². The van der Waals surface area contributed by atoms with Crippen LogP contribution in [0.3, 0.4) is 0 Å². The Morgan fingerprint density at radius 1 is 1.22 bits per heavy atom. The molecule has 1 amide bonds. The monoisotopic (exact) mass is 241 g/mol. The summed E-state index contributed by atoms with van der Waals surface area (Å²) in [6.07, 6.45) is 3.31. The van der Waals surface area contributed by atoms with Crippen molar-refractivity contribution in [2.24, 2.45) is 0 Å². The van der Waals surface area contributed by atoms with Crippen LogP contribution >= 0.6 is 0 Å². The van der Waals surface area contributed by atoms with Crippen molar-refractivity contribution in [3.63, 3.8) is 0 Å². The van der Waals surface area contributed by atoms with Gasteiger partial charge in [-0.15, -0.1) is 0 Å². The molecule has 0 unspecified atom stereocenters. The zero-order valence-electron chi connectivity index (χ0n) is 10.4. The van der Waals surface area contributed by atoms with Crippen molar-refractivity contribution in [3.8, 4) is 0 Å². The van der Waals surface area contributed by atoms with Crippen molar-refractivity contribution >= 4 is 17.3 Å². The second kappa shape index (κ2) is 4.87. The smallest absolute Gasteiger partial charge is 0.257 e. The molecule has 0 aliphatic heterocycles. The second-order valence-corrected chi connectivity index (χ2v) is 4.18. The normalized spacial score (nSPS) is 10.1. The number of pyridine rings is 1. The number of benzene rings is 1. The molecular formula is C14H15N3O. The van der Waals surface area contributed by atoms with Crippen LogP contribution in [0.25, 0.3) is 0 Å². The molecule has 0 fully saturated rings. The first kappa shape index (κ1) is 12.1. The third kappa shape index (κ3) is 2.32.